The number of rotatable bonds is 6. The number of nitrogens with two attached hydrogens (primary N) is 1. The number of carbonyl (C=O) groups is 1. The summed E-state index contributed by atoms with van der Waals surface area (Å²) in [5.41, 5.74) is 7.27. The predicted molar refractivity (Wildman–Crippen MR) is 90.0 cm³/mol. The zero-order chi connectivity index (χ0) is 15.9. The van der Waals surface area contributed by atoms with E-state index in [2.05, 4.69) is 34.0 Å². The third-order valence-electron chi connectivity index (χ3n) is 3.67. The van der Waals surface area contributed by atoms with Crippen molar-refractivity contribution in [1.82, 2.24) is 15.2 Å². The maximum atomic E-state index is 12.2. The first kappa shape index (κ1) is 16.0. The van der Waals surface area contributed by atoms with Gasteiger partial charge in [0.1, 0.15) is 0 Å². The normalized spacial score (nSPS) is 12.0. The van der Waals surface area contributed by atoms with E-state index in [9.17, 15) is 4.79 Å². The lowest BCUT2D eigenvalue weighted by molar-refractivity contribution is 0.0978. The van der Waals surface area contributed by atoms with Crippen molar-refractivity contribution in [2.45, 2.75) is 13.8 Å². The predicted octanol–water partition coefficient (Wildman–Crippen LogP) is 1.55. The largest absolute Gasteiger partial charge is 0.370 e. The van der Waals surface area contributed by atoms with Crippen LogP contribution in [0.15, 0.2) is 35.5 Å². The lowest BCUT2D eigenvalue weighted by Crippen LogP contribution is -2.37. The molecule has 0 spiro atoms. The summed E-state index contributed by atoms with van der Waals surface area (Å²) < 4.78 is 0. The summed E-state index contributed by atoms with van der Waals surface area (Å²) in [7, 11) is 0. The molecule has 0 atom stereocenters. The van der Waals surface area contributed by atoms with Gasteiger partial charge in [-0.15, -0.1) is 0 Å². The van der Waals surface area contributed by atoms with Crippen LogP contribution in [0.4, 0.5) is 0 Å². The van der Waals surface area contributed by atoms with Gasteiger partial charge in [0.2, 0.25) is 0 Å². The molecule has 1 amide bonds. The van der Waals surface area contributed by atoms with E-state index in [0.29, 0.717) is 12.1 Å². The first-order valence-electron chi connectivity index (χ1n) is 7.55. The molecule has 0 aliphatic rings. The number of carbonyl (C=O) groups excluding carboxylic acids is 1. The third-order valence-corrected chi connectivity index (χ3v) is 3.67. The molecule has 6 heteroatoms. The molecule has 0 aliphatic heterocycles. The van der Waals surface area contributed by atoms with Crippen LogP contribution < -0.4 is 11.1 Å². The van der Waals surface area contributed by atoms with E-state index in [1.54, 1.807) is 6.20 Å². The summed E-state index contributed by atoms with van der Waals surface area (Å²) in [5, 5.41) is 3.51. The van der Waals surface area contributed by atoms with Crippen LogP contribution in [0.2, 0.25) is 0 Å². The number of aliphatic imine (C=N–C) groups is 1. The highest BCUT2D eigenvalue weighted by Gasteiger charge is 2.12. The molecule has 1 aromatic carbocycles. The van der Waals surface area contributed by atoms with Crippen LogP contribution in [0.5, 0.6) is 0 Å². The summed E-state index contributed by atoms with van der Waals surface area (Å²) in [6.07, 6.45) is 1.68. The third kappa shape index (κ3) is 3.85. The van der Waals surface area contributed by atoms with Crippen molar-refractivity contribution in [2.24, 2.45) is 10.7 Å². The van der Waals surface area contributed by atoms with E-state index >= 15 is 0 Å². The van der Waals surface area contributed by atoms with Crippen LogP contribution in [0.25, 0.3) is 10.9 Å². The minimum Gasteiger partial charge on any atom is -0.370 e. The van der Waals surface area contributed by atoms with Gasteiger partial charge in [-0.2, -0.15) is 0 Å². The SMILES string of the molecule is CCN(CC)CCN=C(N)NC(=O)c1c[nH]c2ccccc12. The topological polar surface area (TPSA) is 86.5 Å². The van der Waals surface area contributed by atoms with Crippen LogP contribution in [0, 0.1) is 0 Å². The zero-order valence-electron chi connectivity index (χ0n) is 13.1. The molecule has 118 valence electrons. The van der Waals surface area contributed by atoms with Gasteiger partial charge in [-0.1, -0.05) is 32.0 Å². The summed E-state index contributed by atoms with van der Waals surface area (Å²) in [6.45, 7) is 7.57. The molecule has 1 aromatic heterocycles. The Morgan fingerprint density at radius 1 is 1.32 bits per heavy atom. The van der Waals surface area contributed by atoms with Gasteiger partial charge in [-0.05, 0) is 19.2 Å². The van der Waals surface area contributed by atoms with Crippen LogP contribution >= 0.6 is 0 Å². The number of aromatic amines is 1. The average molecular weight is 301 g/mol. The molecule has 0 fully saturated rings. The molecule has 22 heavy (non-hydrogen) atoms. The highest BCUT2D eigenvalue weighted by atomic mass is 16.1. The Morgan fingerprint density at radius 3 is 2.77 bits per heavy atom. The summed E-state index contributed by atoms with van der Waals surface area (Å²) in [5.74, 6) is -0.0935. The lowest BCUT2D eigenvalue weighted by Gasteiger charge is -2.16. The van der Waals surface area contributed by atoms with E-state index in [4.69, 9.17) is 5.73 Å². The number of hydrogen-bond donors (Lipinski definition) is 3. The molecule has 2 aromatic rings. The Balaban J connectivity index is 1.96. The van der Waals surface area contributed by atoms with Crippen molar-refractivity contribution in [1.29, 1.82) is 0 Å². The van der Waals surface area contributed by atoms with Gasteiger partial charge < -0.3 is 15.6 Å². The Kier molecular flexibility index (Phi) is 5.55. The van der Waals surface area contributed by atoms with Gasteiger partial charge in [-0.25, -0.2) is 0 Å². The minimum absolute atomic E-state index is 0.155. The maximum Gasteiger partial charge on any atom is 0.260 e. The zero-order valence-corrected chi connectivity index (χ0v) is 13.1. The standard InChI is InChI=1S/C16H23N5O/c1-3-21(4-2)10-9-18-16(17)20-15(22)13-11-19-14-8-6-5-7-12(13)14/h5-8,11,19H,3-4,9-10H2,1-2H3,(H3,17,18,20,22). The van der Waals surface area contributed by atoms with Crippen LogP contribution in [-0.2, 0) is 0 Å². The van der Waals surface area contributed by atoms with Gasteiger partial charge in [0.25, 0.3) is 5.91 Å². The number of H-pyrrole nitrogens is 1. The monoisotopic (exact) mass is 301 g/mol. The highest BCUT2D eigenvalue weighted by molar-refractivity contribution is 6.12. The van der Waals surface area contributed by atoms with Crippen molar-refractivity contribution < 1.29 is 4.79 Å². The van der Waals surface area contributed by atoms with Crippen molar-refractivity contribution in [3.8, 4) is 0 Å². The number of hydrogen-bond acceptors (Lipinski definition) is 3. The van der Waals surface area contributed by atoms with Crippen LogP contribution in [-0.4, -0.2) is 47.9 Å². The fraction of sp³-hybridized carbons (Fsp3) is 0.375. The summed E-state index contributed by atoms with van der Waals surface area (Å²) >= 11 is 0. The van der Waals surface area contributed by atoms with Crippen LogP contribution in [0.1, 0.15) is 24.2 Å². The van der Waals surface area contributed by atoms with Gasteiger partial charge in [0.05, 0.1) is 12.1 Å². The molecule has 2 rings (SSSR count). The number of nitrogens with one attached hydrogen (secondary N) is 2. The number of guanidine groups is 1. The fourth-order valence-corrected chi connectivity index (χ4v) is 2.33. The quantitative estimate of drug-likeness (QED) is 0.559. The van der Waals surface area contributed by atoms with E-state index in [-0.39, 0.29) is 11.9 Å². The van der Waals surface area contributed by atoms with E-state index in [1.807, 2.05) is 24.3 Å². The number of aromatic nitrogens is 1. The second kappa shape index (κ2) is 7.61. The Bertz CT molecular complexity index is 657. The lowest BCUT2D eigenvalue weighted by atomic mass is 10.1. The van der Waals surface area contributed by atoms with Crippen molar-refractivity contribution in [2.75, 3.05) is 26.2 Å². The summed E-state index contributed by atoms with van der Waals surface area (Å²) in [4.78, 5) is 21.8. The number of para-hydroxylation sites is 1. The van der Waals surface area contributed by atoms with E-state index in [1.165, 1.54) is 0 Å². The van der Waals surface area contributed by atoms with E-state index in [0.717, 1.165) is 30.5 Å². The second-order valence-electron chi connectivity index (χ2n) is 5.00. The molecule has 0 aliphatic carbocycles. The number of benzene rings is 1. The van der Waals surface area contributed by atoms with Crippen molar-refractivity contribution in [3.63, 3.8) is 0 Å². The second-order valence-corrected chi connectivity index (χ2v) is 5.00. The molecular weight excluding hydrogens is 278 g/mol. The molecule has 0 radical (unpaired) electrons. The van der Waals surface area contributed by atoms with Gasteiger partial charge >= 0.3 is 0 Å². The first-order valence-corrected chi connectivity index (χ1v) is 7.55. The van der Waals surface area contributed by atoms with E-state index < -0.39 is 0 Å². The smallest absolute Gasteiger partial charge is 0.260 e. The first-order chi connectivity index (χ1) is 10.7. The Labute approximate surface area is 130 Å². The number of likely N-dealkylation sites (N-methyl/N-ethyl adjacent to an activating group) is 1. The van der Waals surface area contributed by atoms with Gasteiger partial charge in [0.15, 0.2) is 5.96 Å². The molecule has 0 unspecified atom stereocenters. The highest BCUT2D eigenvalue weighted by Crippen LogP contribution is 2.17. The minimum atomic E-state index is -0.249. The number of nitrogens with zero attached hydrogens (tertiary/aromatic N) is 2. The molecule has 0 saturated heterocycles. The molecule has 1 heterocycles. The fourth-order valence-electron chi connectivity index (χ4n) is 2.33. The average Bonchev–Trinajstić information content (AvgIpc) is 2.95. The molecule has 0 saturated carbocycles. The molecule has 4 N–H and O–H groups in total. The van der Waals surface area contributed by atoms with Crippen molar-refractivity contribution >= 4 is 22.8 Å². The number of fused-ring (bicyclic) bond motifs is 1. The van der Waals surface area contributed by atoms with Gasteiger partial charge in [0, 0.05) is 23.6 Å². The van der Waals surface area contributed by atoms with Crippen molar-refractivity contribution in [3.05, 3.63) is 36.0 Å². The van der Waals surface area contributed by atoms with Gasteiger partial charge in [-0.3, -0.25) is 15.1 Å². The Hall–Kier alpha value is -2.34. The number of amides is 1. The molecular formula is C16H23N5O. The Morgan fingerprint density at radius 2 is 2.05 bits per heavy atom. The molecule has 0 bridgehead atoms. The van der Waals surface area contributed by atoms with Crippen LogP contribution in [0.3, 0.4) is 0 Å². The maximum absolute atomic E-state index is 12.2. The molecule has 6 nitrogen and oxygen atoms in total. The summed E-state index contributed by atoms with van der Waals surface area (Å²) in [6, 6.07) is 7.64.